The van der Waals surface area contributed by atoms with Crippen molar-refractivity contribution in [2.75, 3.05) is 19.8 Å². The molecule has 0 bridgehead atoms. The number of benzene rings is 3. The number of nitrogens with zero attached hydrogens (tertiary/aromatic N) is 2. The van der Waals surface area contributed by atoms with Crippen LogP contribution in [-0.4, -0.2) is 75.9 Å². The molecule has 2 aliphatic heterocycles. The van der Waals surface area contributed by atoms with Gasteiger partial charge in [0.2, 0.25) is 0 Å². The highest BCUT2D eigenvalue weighted by molar-refractivity contribution is 6.32. The standard InChI is InChI=1S/C36H34ClF2N3O9/c1-19-24(21-5-6-27-30(13-21)48-10-9-47-27)3-2-4-25(19)36(38,39)51-29-14-28(49-18-20-7-8-41-23(11-20)15-40)22(12-26(29)37)16-42-32-34(45)33(44)31(17-43)50-35(32)46/h2-8,11-14,31-35,42-46H,9-10,16-18H2,1H3/t31-,32+,33-,34-,35?/m1/s1. The van der Waals surface area contributed by atoms with E-state index in [0.717, 1.165) is 0 Å². The summed E-state index contributed by atoms with van der Waals surface area (Å²) in [7, 11) is 0. The molecule has 4 aromatic rings. The molecule has 1 aromatic heterocycles. The molecule has 5 N–H and O–H groups in total. The Balaban J connectivity index is 1.28. The number of aromatic nitrogens is 1. The predicted molar refractivity (Wildman–Crippen MR) is 177 cm³/mol. The van der Waals surface area contributed by atoms with Crippen LogP contribution in [0.1, 0.15) is 27.9 Å². The van der Waals surface area contributed by atoms with Crippen molar-refractivity contribution < 1.29 is 52.9 Å². The normalized spacial score (nSPS) is 21.5. The first-order valence-corrected chi connectivity index (χ1v) is 16.3. The summed E-state index contributed by atoms with van der Waals surface area (Å²) in [5.41, 5.74) is 2.04. The maximum Gasteiger partial charge on any atom is 0.427 e. The Morgan fingerprint density at radius 2 is 1.80 bits per heavy atom. The largest absolute Gasteiger partial charge is 0.488 e. The number of aliphatic hydroxyl groups excluding tert-OH is 4. The molecule has 1 fully saturated rings. The smallest absolute Gasteiger partial charge is 0.427 e. The summed E-state index contributed by atoms with van der Waals surface area (Å²) in [4.78, 5) is 3.94. The second kappa shape index (κ2) is 15.3. The first-order chi connectivity index (χ1) is 24.5. The maximum absolute atomic E-state index is 16.1. The maximum atomic E-state index is 16.1. The Labute approximate surface area is 296 Å². The van der Waals surface area contributed by atoms with Crippen LogP contribution in [0.25, 0.3) is 11.1 Å². The molecule has 0 aliphatic carbocycles. The number of rotatable bonds is 11. The summed E-state index contributed by atoms with van der Waals surface area (Å²) in [6, 6.07) is 16.1. The van der Waals surface area contributed by atoms with Crippen molar-refractivity contribution in [1.82, 2.24) is 10.3 Å². The Bertz CT molecular complexity index is 1930. The molecule has 0 spiro atoms. The quantitative estimate of drug-likeness (QED) is 0.151. The number of fused-ring (bicyclic) bond motifs is 1. The summed E-state index contributed by atoms with van der Waals surface area (Å²) in [5.74, 6) is 0.728. The third-order valence-corrected chi connectivity index (χ3v) is 8.91. The molecule has 268 valence electrons. The van der Waals surface area contributed by atoms with Crippen LogP contribution in [0.2, 0.25) is 5.02 Å². The fourth-order valence-electron chi connectivity index (χ4n) is 5.93. The number of halogens is 3. The zero-order chi connectivity index (χ0) is 36.3. The average Bonchev–Trinajstić information content (AvgIpc) is 3.13. The molecule has 15 heteroatoms. The number of aliphatic hydroxyl groups is 4. The molecule has 0 saturated carbocycles. The van der Waals surface area contributed by atoms with Gasteiger partial charge in [0.1, 0.15) is 61.4 Å². The zero-order valence-corrected chi connectivity index (χ0v) is 27.9. The van der Waals surface area contributed by atoms with Gasteiger partial charge in [-0.2, -0.15) is 14.0 Å². The number of hydrogen-bond acceptors (Lipinski definition) is 12. The van der Waals surface area contributed by atoms with E-state index >= 15 is 8.78 Å². The highest BCUT2D eigenvalue weighted by Gasteiger charge is 2.43. The molecule has 6 rings (SSSR count). The highest BCUT2D eigenvalue weighted by Crippen LogP contribution is 2.43. The number of nitriles is 1. The molecule has 3 heterocycles. The molecule has 2 aliphatic rings. The summed E-state index contributed by atoms with van der Waals surface area (Å²) in [6.07, 6.45) is -8.29. The lowest BCUT2D eigenvalue weighted by atomic mass is 9.95. The van der Waals surface area contributed by atoms with Crippen LogP contribution < -0.4 is 24.3 Å². The number of hydrogen-bond donors (Lipinski definition) is 5. The molecule has 0 radical (unpaired) electrons. The van der Waals surface area contributed by atoms with Crippen molar-refractivity contribution in [2.45, 2.75) is 56.8 Å². The molecular weight excluding hydrogens is 692 g/mol. The minimum Gasteiger partial charge on any atom is -0.488 e. The van der Waals surface area contributed by atoms with Gasteiger partial charge in [0.05, 0.1) is 23.2 Å². The van der Waals surface area contributed by atoms with Crippen molar-refractivity contribution in [3.8, 4) is 40.2 Å². The van der Waals surface area contributed by atoms with Gasteiger partial charge >= 0.3 is 6.11 Å². The summed E-state index contributed by atoms with van der Waals surface area (Å²) in [5, 5.41) is 52.6. The van der Waals surface area contributed by atoms with Crippen LogP contribution in [0.15, 0.2) is 66.9 Å². The number of ether oxygens (including phenoxy) is 5. The molecular formula is C36H34ClF2N3O9. The molecule has 1 saturated heterocycles. The molecule has 1 unspecified atom stereocenters. The van der Waals surface area contributed by atoms with Crippen LogP contribution in [0.5, 0.6) is 23.0 Å². The predicted octanol–water partition coefficient (Wildman–Crippen LogP) is 3.95. The fourth-order valence-corrected chi connectivity index (χ4v) is 6.15. The number of nitrogens with one attached hydrogen (secondary N) is 1. The van der Waals surface area contributed by atoms with E-state index in [4.69, 9.17) is 35.3 Å². The van der Waals surface area contributed by atoms with Crippen molar-refractivity contribution >= 4 is 11.6 Å². The zero-order valence-electron chi connectivity index (χ0n) is 27.1. The molecule has 12 nitrogen and oxygen atoms in total. The number of pyridine rings is 1. The SMILES string of the molecule is Cc1c(-c2ccc3c(c2)OCCO3)cccc1C(F)(F)Oc1cc(OCc2ccnc(C#N)c2)c(CN[C@@H]2C(O)O[C@H](CO)[C@@H](O)[C@@H]2O)cc1Cl. The van der Waals surface area contributed by atoms with E-state index in [1.54, 1.807) is 37.3 Å². The van der Waals surface area contributed by atoms with Crippen LogP contribution in [0, 0.1) is 18.3 Å². The van der Waals surface area contributed by atoms with Gasteiger partial charge < -0.3 is 49.4 Å². The summed E-state index contributed by atoms with van der Waals surface area (Å²) < 4.78 is 59.9. The van der Waals surface area contributed by atoms with Gasteiger partial charge in [0, 0.05) is 24.4 Å². The highest BCUT2D eigenvalue weighted by atomic mass is 35.5. The molecule has 5 atom stereocenters. The number of alkyl halides is 2. The van der Waals surface area contributed by atoms with Gasteiger partial charge in [-0.15, -0.1) is 0 Å². The van der Waals surface area contributed by atoms with E-state index in [2.05, 4.69) is 10.3 Å². The van der Waals surface area contributed by atoms with Crippen molar-refractivity contribution in [2.24, 2.45) is 0 Å². The van der Waals surface area contributed by atoms with Crippen molar-refractivity contribution in [1.29, 1.82) is 5.26 Å². The summed E-state index contributed by atoms with van der Waals surface area (Å²) in [6.45, 7) is 1.46. The third-order valence-electron chi connectivity index (χ3n) is 8.62. The Morgan fingerprint density at radius 3 is 2.57 bits per heavy atom. The Morgan fingerprint density at radius 1 is 1.02 bits per heavy atom. The van der Waals surface area contributed by atoms with Gasteiger partial charge in [0.25, 0.3) is 0 Å². The third kappa shape index (κ3) is 7.85. The van der Waals surface area contributed by atoms with E-state index in [9.17, 15) is 25.7 Å². The van der Waals surface area contributed by atoms with Crippen LogP contribution in [0.4, 0.5) is 8.78 Å². The monoisotopic (exact) mass is 725 g/mol. The van der Waals surface area contributed by atoms with E-state index in [-0.39, 0.29) is 35.2 Å². The first-order valence-electron chi connectivity index (χ1n) is 15.9. The van der Waals surface area contributed by atoms with Gasteiger partial charge in [-0.25, -0.2) is 4.98 Å². The molecule has 3 aromatic carbocycles. The van der Waals surface area contributed by atoms with Gasteiger partial charge in [-0.3, -0.25) is 0 Å². The molecule has 51 heavy (non-hydrogen) atoms. The lowest BCUT2D eigenvalue weighted by Gasteiger charge is -2.40. The van der Waals surface area contributed by atoms with E-state index in [1.807, 2.05) is 6.07 Å². The summed E-state index contributed by atoms with van der Waals surface area (Å²) >= 11 is 6.52. The van der Waals surface area contributed by atoms with Gasteiger partial charge in [-0.05, 0) is 65.6 Å². The minimum atomic E-state index is -3.87. The Hall–Kier alpha value is -4.59. The van der Waals surface area contributed by atoms with Gasteiger partial charge in [-0.1, -0.05) is 29.8 Å². The van der Waals surface area contributed by atoms with Crippen LogP contribution >= 0.6 is 11.6 Å². The second-order valence-corrected chi connectivity index (χ2v) is 12.3. The van der Waals surface area contributed by atoms with Crippen LogP contribution in [-0.2, 0) is 24.0 Å². The van der Waals surface area contributed by atoms with E-state index in [1.165, 1.54) is 36.5 Å². The lowest BCUT2D eigenvalue weighted by Crippen LogP contribution is -2.63. The van der Waals surface area contributed by atoms with Gasteiger partial charge in [0.15, 0.2) is 17.8 Å². The van der Waals surface area contributed by atoms with E-state index in [0.29, 0.717) is 47.0 Å². The lowest BCUT2D eigenvalue weighted by molar-refractivity contribution is -0.254. The Kier molecular flexibility index (Phi) is 10.9. The minimum absolute atomic E-state index is 0.0456. The second-order valence-electron chi connectivity index (χ2n) is 11.9. The average molecular weight is 726 g/mol. The fraction of sp³-hybridized carbons (Fsp3) is 0.333. The molecule has 0 amide bonds. The van der Waals surface area contributed by atoms with Crippen molar-refractivity contribution in [3.63, 3.8) is 0 Å². The van der Waals surface area contributed by atoms with E-state index < -0.39 is 54.7 Å². The topological polar surface area (TPSA) is 176 Å². The van der Waals surface area contributed by atoms with Crippen molar-refractivity contribution in [3.05, 3.63) is 99.8 Å². The first kappa shape index (κ1) is 36.2. The van der Waals surface area contributed by atoms with Crippen LogP contribution in [0.3, 0.4) is 0 Å².